The van der Waals surface area contributed by atoms with Crippen LogP contribution >= 0.6 is 0 Å². The molecule has 94 valence electrons. The summed E-state index contributed by atoms with van der Waals surface area (Å²) in [5.74, 6) is 0. The molecule has 1 aliphatic rings. The van der Waals surface area contributed by atoms with Crippen LogP contribution in [0.3, 0.4) is 0 Å². The highest BCUT2D eigenvalue weighted by atomic mass is 15.2. The van der Waals surface area contributed by atoms with Crippen LogP contribution in [0, 0.1) is 0 Å². The van der Waals surface area contributed by atoms with Crippen LogP contribution in [0.2, 0.25) is 0 Å². The molecule has 2 rings (SSSR count). The van der Waals surface area contributed by atoms with Gasteiger partial charge in [0.05, 0.1) is 11.7 Å². The van der Waals surface area contributed by atoms with Gasteiger partial charge in [0.2, 0.25) is 0 Å². The highest BCUT2D eigenvalue weighted by Gasteiger charge is 2.31. The Kier molecular flexibility index (Phi) is 4.13. The van der Waals surface area contributed by atoms with E-state index in [2.05, 4.69) is 29.9 Å². The van der Waals surface area contributed by atoms with Gasteiger partial charge in [-0.15, -0.1) is 0 Å². The minimum atomic E-state index is 0.162. The zero-order chi connectivity index (χ0) is 12.3. The molecule has 1 aromatic heterocycles. The average Bonchev–Trinajstić information content (AvgIpc) is 2.28. The molecule has 1 fully saturated rings. The van der Waals surface area contributed by atoms with Crippen molar-refractivity contribution in [3.05, 3.63) is 30.1 Å². The maximum atomic E-state index is 6.29. The second kappa shape index (κ2) is 5.61. The fraction of sp³-hybridized carbons (Fsp3) is 0.643. The van der Waals surface area contributed by atoms with Crippen molar-refractivity contribution in [3.8, 4) is 0 Å². The van der Waals surface area contributed by atoms with Crippen LogP contribution in [-0.2, 0) is 0 Å². The molecule has 1 heterocycles. The van der Waals surface area contributed by atoms with Gasteiger partial charge in [-0.05, 0) is 38.4 Å². The number of nitrogens with two attached hydrogens (primary N) is 1. The maximum absolute atomic E-state index is 6.29. The first-order valence-corrected chi connectivity index (χ1v) is 6.62. The van der Waals surface area contributed by atoms with E-state index in [-0.39, 0.29) is 12.1 Å². The third-order valence-electron chi connectivity index (χ3n) is 3.96. The first-order chi connectivity index (χ1) is 8.24. The number of likely N-dealkylation sites (N-methyl/N-ethyl adjacent to an activating group) is 1. The van der Waals surface area contributed by atoms with Gasteiger partial charge in [0.1, 0.15) is 0 Å². The molecule has 0 radical (unpaired) electrons. The summed E-state index contributed by atoms with van der Waals surface area (Å²) in [6.45, 7) is 2.15. The Morgan fingerprint density at radius 2 is 2.24 bits per heavy atom. The Hall–Kier alpha value is -0.930. The summed E-state index contributed by atoms with van der Waals surface area (Å²) in [5, 5.41) is 0. The van der Waals surface area contributed by atoms with Crippen molar-refractivity contribution in [2.24, 2.45) is 5.73 Å². The fourth-order valence-electron chi connectivity index (χ4n) is 2.53. The Labute approximate surface area is 104 Å². The maximum Gasteiger partial charge on any atom is 0.0673 e. The fourth-order valence-corrected chi connectivity index (χ4v) is 2.53. The van der Waals surface area contributed by atoms with Crippen LogP contribution in [0.5, 0.6) is 0 Å². The molecular weight excluding hydrogens is 210 g/mol. The number of hydrogen-bond acceptors (Lipinski definition) is 3. The Bertz CT molecular complexity index is 335. The summed E-state index contributed by atoms with van der Waals surface area (Å²) in [6.07, 6.45) is 6.80. The SMILES string of the molecule is CCC(N)C(c1ccccn1)N(C)C1CCC1. The second-order valence-corrected chi connectivity index (χ2v) is 5.02. The molecule has 0 aliphatic heterocycles. The van der Waals surface area contributed by atoms with Gasteiger partial charge in [0, 0.05) is 18.3 Å². The summed E-state index contributed by atoms with van der Waals surface area (Å²) in [7, 11) is 2.19. The zero-order valence-corrected chi connectivity index (χ0v) is 10.8. The molecule has 0 bridgehead atoms. The van der Waals surface area contributed by atoms with E-state index in [0.717, 1.165) is 12.1 Å². The molecule has 0 spiro atoms. The minimum absolute atomic E-state index is 0.162. The lowest BCUT2D eigenvalue weighted by Gasteiger charge is -2.41. The quantitative estimate of drug-likeness (QED) is 0.849. The van der Waals surface area contributed by atoms with Gasteiger partial charge in [-0.2, -0.15) is 0 Å². The van der Waals surface area contributed by atoms with Crippen LogP contribution in [0.15, 0.2) is 24.4 Å². The summed E-state index contributed by atoms with van der Waals surface area (Å²) >= 11 is 0. The highest BCUT2D eigenvalue weighted by molar-refractivity contribution is 5.12. The van der Waals surface area contributed by atoms with Crippen molar-refractivity contribution in [2.45, 2.75) is 50.7 Å². The molecule has 1 saturated carbocycles. The smallest absolute Gasteiger partial charge is 0.0673 e. The Morgan fingerprint density at radius 3 is 2.71 bits per heavy atom. The van der Waals surface area contributed by atoms with Crippen molar-refractivity contribution < 1.29 is 0 Å². The van der Waals surface area contributed by atoms with Crippen molar-refractivity contribution in [1.82, 2.24) is 9.88 Å². The van der Waals surface area contributed by atoms with Gasteiger partial charge in [-0.3, -0.25) is 9.88 Å². The number of pyridine rings is 1. The Morgan fingerprint density at radius 1 is 1.47 bits per heavy atom. The van der Waals surface area contributed by atoms with Crippen LogP contribution in [0.4, 0.5) is 0 Å². The van der Waals surface area contributed by atoms with Gasteiger partial charge in [-0.1, -0.05) is 19.4 Å². The van der Waals surface area contributed by atoms with E-state index in [9.17, 15) is 0 Å². The number of aromatic nitrogens is 1. The first-order valence-electron chi connectivity index (χ1n) is 6.62. The van der Waals surface area contributed by atoms with E-state index in [4.69, 9.17) is 5.73 Å². The number of hydrogen-bond donors (Lipinski definition) is 1. The summed E-state index contributed by atoms with van der Waals surface area (Å²) in [5.41, 5.74) is 7.39. The van der Waals surface area contributed by atoms with Crippen molar-refractivity contribution in [1.29, 1.82) is 0 Å². The molecule has 17 heavy (non-hydrogen) atoms. The predicted molar refractivity (Wildman–Crippen MR) is 70.6 cm³/mol. The van der Waals surface area contributed by atoms with Gasteiger partial charge in [0.15, 0.2) is 0 Å². The molecule has 2 N–H and O–H groups in total. The minimum Gasteiger partial charge on any atom is -0.326 e. The molecular formula is C14H23N3. The topological polar surface area (TPSA) is 42.1 Å². The molecule has 0 saturated heterocycles. The normalized spacial score (nSPS) is 20.0. The molecule has 2 unspecified atom stereocenters. The third kappa shape index (κ3) is 2.67. The predicted octanol–water partition coefficient (Wildman–Crippen LogP) is 2.34. The number of rotatable bonds is 5. The van der Waals surface area contributed by atoms with Crippen LogP contribution in [-0.4, -0.2) is 29.0 Å². The van der Waals surface area contributed by atoms with E-state index < -0.39 is 0 Å². The van der Waals surface area contributed by atoms with Gasteiger partial charge < -0.3 is 5.73 Å². The van der Waals surface area contributed by atoms with Crippen molar-refractivity contribution in [3.63, 3.8) is 0 Å². The summed E-state index contributed by atoms with van der Waals surface area (Å²) in [6, 6.07) is 7.21. The molecule has 1 aliphatic carbocycles. The van der Waals surface area contributed by atoms with E-state index in [1.807, 2.05) is 18.3 Å². The molecule has 1 aromatic rings. The summed E-state index contributed by atoms with van der Waals surface area (Å²) in [4.78, 5) is 6.92. The van der Waals surface area contributed by atoms with Gasteiger partial charge >= 0.3 is 0 Å². The molecule has 0 amide bonds. The number of nitrogens with zero attached hydrogens (tertiary/aromatic N) is 2. The zero-order valence-electron chi connectivity index (χ0n) is 10.8. The lowest BCUT2D eigenvalue weighted by Crippen LogP contribution is -2.46. The lowest BCUT2D eigenvalue weighted by atomic mass is 9.88. The second-order valence-electron chi connectivity index (χ2n) is 5.02. The van der Waals surface area contributed by atoms with E-state index in [0.29, 0.717) is 6.04 Å². The third-order valence-corrected chi connectivity index (χ3v) is 3.96. The van der Waals surface area contributed by atoms with Crippen LogP contribution < -0.4 is 5.73 Å². The monoisotopic (exact) mass is 233 g/mol. The molecule has 0 aromatic carbocycles. The van der Waals surface area contributed by atoms with Crippen LogP contribution in [0.1, 0.15) is 44.3 Å². The van der Waals surface area contributed by atoms with Crippen LogP contribution in [0.25, 0.3) is 0 Å². The van der Waals surface area contributed by atoms with E-state index >= 15 is 0 Å². The molecule has 3 heteroatoms. The van der Waals surface area contributed by atoms with Gasteiger partial charge in [0.25, 0.3) is 0 Å². The Balaban J connectivity index is 2.18. The molecule has 3 nitrogen and oxygen atoms in total. The average molecular weight is 233 g/mol. The van der Waals surface area contributed by atoms with E-state index in [1.54, 1.807) is 0 Å². The largest absolute Gasteiger partial charge is 0.326 e. The van der Waals surface area contributed by atoms with Crippen molar-refractivity contribution >= 4 is 0 Å². The van der Waals surface area contributed by atoms with Crippen molar-refractivity contribution in [2.75, 3.05) is 7.05 Å². The highest BCUT2D eigenvalue weighted by Crippen LogP contribution is 2.32. The lowest BCUT2D eigenvalue weighted by molar-refractivity contribution is 0.0916. The molecule has 2 atom stereocenters. The van der Waals surface area contributed by atoms with E-state index in [1.165, 1.54) is 19.3 Å². The standard InChI is InChI=1S/C14H23N3/c1-3-12(15)14(13-9-4-5-10-16-13)17(2)11-7-6-8-11/h4-5,9-12,14H,3,6-8,15H2,1-2H3. The summed E-state index contributed by atoms with van der Waals surface area (Å²) < 4.78 is 0. The first kappa shape index (κ1) is 12.5. The van der Waals surface area contributed by atoms with Gasteiger partial charge in [-0.25, -0.2) is 0 Å².